The SMILES string of the molecule is O=C(CSc1nc2ccc(NC(=O)c3ccccc3Cl)cc2s1)Nc1ccc(N2CCOCC2)c(Cl)c1. The fraction of sp³-hybridized carbons (Fsp3) is 0.192. The van der Waals surface area contributed by atoms with Gasteiger partial charge in [0.1, 0.15) is 0 Å². The summed E-state index contributed by atoms with van der Waals surface area (Å²) < 4.78 is 7.06. The van der Waals surface area contributed by atoms with E-state index in [1.54, 1.807) is 36.4 Å². The minimum Gasteiger partial charge on any atom is -0.378 e. The standard InChI is InChI=1S/C26H22Cl2N4O3S2/c27-19-4-2-1-3-18(19)25(34)30-17-5-7-21-23(14-17)37-26(31-21)36-15-24(33)29-16-6-8-22(20(28)13-16)32-9-11-35-12-10-32/h1-8,13-14H,9-12,15H2,(H,29,33)(H,30,34). The van der Waals surface area contributed by atoms with Crippen molar-refractivity contribution >= 4 is 85.4 Å². The topological polar surface area (TPSA) is 83.6 Å². The predicted octanol–water partition coefficient (Wildman–Crippen LogP) is 6.42. The molecule has 2 amide bonds. The molecule has 0 unspecified atom stereocenters. The fourth-order valence-electron chi connectivity index (χ4n) is 3.86. The molecule has 37 heavy (non-hydrogen) atoms. The maximum atomic E-state index is 12.6. The first kappa shape index (κ1) is 25.8. The number of benzene rings is 3. The van der Waals surface area contributed by atoms with E-state index < -0.39 is 0 Å². The van der Waals surface area contributed by atoms with Gasteiger partial charge >= 0.3 is 0 Å². The van der Waals surface area contributed by atoms with E-state index in [0.717, 1.165) is 33.3 Å². The van der Waals surface area contributed by atoms with E-state index in [9.17, 15) is 9.59 Å². The Balaban J connectivity index is 1.18. The van der Waals surface area contributed by atoms with Crippen molar-refractivity contribution in [2.45, 2.75) is 4.34 Å². The lowest BCUT2D eigenvalue weighted by atomic mass is 10.2. The normalized spacial score (nSPS) is 13.5. The van der Waals surface area contributed by atoms with Crippen LogP contribution in [0.5, 0.6) is 0 Å². The molecule has 5 rings (SSSR count). The third kappa shape index (κ3) is 6.37. The highest BCUT2D eigenvalue weighted by Gasteiger charge is 2.16. The molecule has 1 saturated heterocycles. The molecule has 0 radical (unpaired) electrons. The third-order valence-electron chi connectivity index (χ3n) is 5.66. The molecule has 1 aliphatic rings. The van der Waals surface area contributed by atoms with Crippen LogP contribution in [0.1, 0.15) is 10.4 Å². The fourth-order valence-corrected chi connectivity index (χ4v) is 6.29. The van der Waals surface area contributed by atoms with Gasteiger partial charge in [-0.1, -0.05) is 47.1 Å². The van der Waals surface area contributed by atoms with E-state index in [1.807, 2.05) is 24.3 Å². The molecule has 1 aromatic heterocycles. The number of carbonyl (C=O) groups excluding carboxylic acids is 2. The average molecular weight is 574 g/mol. The summed E-state index contributed by atoms with van der Waals surface area (Å²) in [6, 6.07) is 17.9. The van der Waals surface area contributed by atoms with E-state index in [1.165, 1.54) is 23.1 Å². The molecule has 0 saturated carbocycles. The zero-order chi connectivity index (χ0) is 25.8. The van der Waals surface area contributed by atoms with Gasteiger partial charge in [0.25, 0.3) is 5.91 Å². The van der Waals surface area contributed by atoms with Crippen LogP contribution in [0.3, 0.4) is 0 Å². The van der Waals surface area contributed by atoms with Crippen molar-refractivity contribution in [3.8, 4) is 0 Å². The molecule has 2 N–H and O–H groups in total. The van der Waals surface area contributed by atoms with Gasteiger partial charge in [0, 0.05) is 24.5 Å². The summed E-state index contributed by atoms with van der Waals surface area (Å²) in [4.78, 5) is 31.9. The summed E-state index contributed by atoms with van der Waals surface area (Å²) in [5, 5.41) is 6.76. The molecule has 7 nitrogen and oxygen atoms in total. The van der Waals surface area contributed by atoms with E-state index in [-0.39, 0.29) is 17.6 Å². The van der Waals surface area contributed by atoms with Gasteiger partial charge in [0.2, 0.25) is 5.91 Å². The zero-order valence-electron chi connectivity index (χ0n) is 19.5. The van der Waals surface area contributed by atoms with Gasteiger partial charge in [-0.05, 0) is 48.5 Å². The predicted molar refractivity (Wildman–Crippen MR) is 153 cm³/mol. The zero-order valence-corrected chi connectivity index (χ0v) is 22.6. The van der Waals surface area contributed by atoms with E-state index in [2.05, 4.69) is 20.5 Å². The van der Waals surface area contributed by atoms with Crippen LogP contribution < -0.4 is 15.5 Å². The second-order valence-corrected chi connectivity index (χ2v) is 11.3. The lowest BCUT2D eigenvalue weighted by Crippen LogP contribution is -2.36. The quantitative estimate of drug-likeness (QED) is 0.248. The van der Waals surface area contributed by atoms with Crippen LogP contribution in [0.15, 0.2) is 65.0 Å². The maximum absolute atomic E-state index is 12.6. The van der Waals surface area contributed by atoms with Gasteiger partial charge in [-0.2, -0.15) is 0 Å². The van der Waals surface area contributed by atoms with Gasteiger partial charge < -0.3 is 20.3 Å². The number of thiazole rings is 1. The number of morpholine rings is 1. The van der Waals surface area contributed by atoms with Crippen molar-refractivity contribution in [1.29, 1.82) is 0 Å². The van der Waals surface area contributed by atoms with Crippen LogP contribution in [-0.2, 0) is 9.53 Å². The number of thioether (sulfide) groups is 1. The second-order valence-electron chi connectivity index (χ2n) is 8.20. The number of halogens is 2. The maximum Gasteiger partial charge on any atom is 0.257 e. The highest BCUT2D eigenvalue weighted by molar-refractivity contribution is 8.01. The number of hydrogen-bond acceptors (Lipinski definition) is 7. The minimum absolute atomic E-state index is 0.146. The molecule has 11 heteroatoms. The Bertz CT molecular complexity index is 1460. The molecule has 190 valence electrons. The van der Waals surface area contributed by atoms with Crippen molar-refractivity contribution in [2.24, 2.45) is 0 Å². The van der Waals surface area contributed by atoms with Gasteiger partial charge in [0.15, 0.2) is 4.34 Å². The van der Waals surface area contributed by atoms with E-state index >= 15 is 0 Å². The molecule has 1 aliphatic heterocycles. The summed E-state index contributed by atoms with van der Waals surface area (Å²) >= 11 is 15.4. The molecule has 0 atom stereocenters. The number of nitrogens with zero attached hydrogens (tertiary/aromatic N) is 2. The van der Waals surface area contributed by atoms with Crippen molar-refractivity contribution < 1.29 is 14.3 Å². The van der Waals surface area contributed by atoms with Crippen LogP contribution in [0.2, 0.25) is 10.0 Å². The van der Waals surface area contributed by atoms with Gasteiger partial charge in [-0.25, -0.2) is 4.98 Å². The summed E-state index contributed by atoms with van der Waals surface area (Å²) in [6.45, 7) is 2.94. The van der Waals surface area contributed by atoms with Crippen LogP contribution in [0.25, 0.3) is 10.2 Å². The molecule has 2 heterocycles. The molecular weight excluding hydrogens is 551 g/mol. The Hall–Kier alpha value is -2.82. The average Bonchev–Trinajstić information content (AvgIpc) is 3.30. The largest absolute Gasteiger partial charge is 0.378 e. The number of aromatic nitrogens is 1. The summed E-state index contributed by atoms with van der Waals surface area (Å²) in [5.41, 5.74) is 3.44. The lowest BCUT2D eigenvalue weighted by molar-refractivity contribution is -0.113. The number of fused-ring (bicyclic) bond motifs is 1. The van der Waals surface area contributed by atoms with E-state index in [0.29, 0.717) is 40.2 Å². The summed E-state index contributed by atoms with van der Waals surface area (Å²) in [6.07, 6.45) is 0. The first-order valence-corrected chi connectivity index (χ1v) is 14.0. The van der Waals surface area contributed by atoms with Crippen molar-refractivity contribution in [3.05, 3.63) is 76.3 Å². The monoisotopic (exact) mass is 572 g/mol. The van der Waals surface area contributed by atoms with Crippen molar-refractivity contribution in [2.75, 3.05) is 47.6 Å². The lowest BCUT2D eigenvalue weighted by Gasteiger charge is -2.29. The van der Waals surface area contributed by atoms with Crippen LogP contribution >= 0.6 is 46.3 Å². The Morgan fingerprint density at radius 3 is 2.51 bits per heavy atom. The molecule has 0 bridgehead atoms. The number of rotatable bonds is 7. The molecule has 3 aromatic carbocycles. The van der Waals surface area contributed by atoms with Gasteiger partial charge in [-0.3, -0.25) is 9.59 Å². The van der Waals surface area contributed by atoms with E-state index in [4.69, 9.17) is 27.9 Å². The molecule has 4 aromatic rings. The Morgan fingerprint density at radius 2 is 1.73 bits per heavy atom. The van der Waals surface area contributed by atoms with Crippen LogP contribution in [-0.4, -0.2) is 48.9 Å². The van der Waals surface area contributed by atoms with Crippen LogP contribution in [0, 0.1) is 0 Å². The molecule has 1 fully saturated rings. The number of carbonyl (C=O) groups is 2. The van der Waals surface area contributed by atoms with Crippen LogP contribution in [0.4, 0.5) is 17.1 Å². The third-order valence-corrected chi connectivity index (χ3v) is 8.45. The van der Waals surface area contributed by atoms with Gasteiger partial charge in [0.05, 0.1) is 50.5 Å². The minimum atomic E-state index is -0.279. The number of nitrogens with one attached hydrogen (secondary N) is 2. The first-order chi connectivity index (χ1) is 18.0. The molecule has 0 spiro atoms. The van der Waals surface area contributed by atoms with Crippen molar-refractivity contribution in [3.63, 3.8) is 0 Å². The number of anilines is 3. The second kappa shape index (κ2) is 11.7. The highest BCUT2D eigenvalue weighted by atomic mass is 35.5. The molecule has 0 aliphatic carbocycles. The summed E-state index contributed by atoms with van der Waals surface area (Å²) in [5.74, 6) is -0.218. The van der Waals surface area contributed by atoms with Gasteiger partial charge in [-0.15, -0.1) is 11.3 Å². The smallest absolute Gasteiger partial charge is 0.257 e. The highest BCUT2D eigenvalue weighted by Crippen LogP contribution is 2.32. The number of hydrogen-bond donors (Lipinski definition) is 2. The molecular formula is C26H22Cl2N4O3S2. The Morgan fingerprint density at radius 1 is 0.973 bits per heavy atom. The first-order valence-electron chi connectivity index (χ1n) is 11.5. The number of ether oxygens (including phenoxy) is 1. The summed E-state index contributed by atoms with van der Waals surface area (Å²) in [7, 11) is 0. The van der Waals surface area contributed by atoms with Crippen molar-refractivity contribution in [1.82, 2.24) is 4.98 Å². The number of amides is 2. The Kier molecular flexibility index (Phi) is 8.17. The Labute approximate surface area is 232 Å².